The number of nitrogens with two attached hydrogens (primary N) is 1. The van der Waals surface area contributed by atoms with Crippen molar-refractivity contribution in [3.63, 3.8) is 0 Å². The van der Waals surface area contributed by atoms with Crippen LogP contribution in [0, 0.1) is 0 Å². The molecule has 0 aliphatic carbocycles. The van der Waals surface area contributed by atoms with Gasteiger partial charge in [0.1, 0.15) is 4.99 Å². The van der Waals surface area contributed by atoms with Crippen molar-refractivity contribution in [3.8, 4) is 0 Å². The van der Waals surface area contributed by atoms with Crippen LogP contribution in [0.4, 0.5) is 0 Å². The molecule has 1 aromatic rings. The van der Waals surface area contributed by atoms with Crippen molar-refractivity contribution in [1.82, 2.24) is 4.72 Å². The van der Waals surface area contributed by atoms with Crippen molar-refractivity contribution >= 4 is 33.2 Å². The summed E-state index contributed by atoms with van der Waals surface area (Å²) in [5.74, 6) is -0.336. The molecule has 8 heteroatoms. The lowest BCUT2D eigenvalue weighted by Gasteiger charge is -2.07. The summed E-state index contributed by atoms with van der Waals surface area (Å²) < 4.78 is 31.2. The summed E-state index contributed by atoms with van der Waals surface area (Å²) >= 11 is 4.80. The molecule has 116 valence electrons. The average molecular weight is 330 g/mol. The Morgan fingerprint density at radius 2 is 1.95 bits per heavy atom. The molecule has 0 bridgehead atoms. The van der Waals surface area contributed by atoms with Gasteiger partial charge in [-0.1, -0.05) is 24.4 Å². The van der Waals surface area contributed by atoms with Gasteiger partial charge in [-0.15, -0.1) is 0 Å². The van der Waals surface area contributed by atoms with E-state index in [9.17, 15) is 13.2 Å². The summed E-state index contributed by atoms with van der Waals surface area (Å²) in [6.45, 7) is 2.20. The SMILES string of the molecule is CCOC(=O)CCCNS(=O)(=O)c1ccc(C(N)=S)cc1. The second-order valence-electron chi connectivity index (χ2n) is 4.19. The minimum Gasteiger partial charge on any atom is -0.466 e. The standard InChI is InChI=1S/C13H18N2O4S2/c1-2-19-12(16)4-3-9-15-21(17,18)11-7-5-10(6-8-11)13(14)20/h5-8,15H,2-4,9H2,1H3,(H2,14,20). The van der Waals surface area contributed by atoms with Crippen LogP contribution in [-0.4, -0.2) is 32.5 Å². The predicted molar refractivity (Wildman–Crippen MR) is 83.4 cm³/mol. The molecular weight excluding hydrogens is 312 g/mol. The number of carbonyl (C=O) groups excluding carboxylic acids is 1. The molecule has 0 saturated heterocycles. The summed E-state index contributed by atoms with van der Waals surface area (Å²) in [4.78, 5) is 11.4. The number of ether oxygens (including phenoxy) is 1. The number of esters is 1. The minimum absolute atomic E-state index is 0.124. The van der Waals surface area contributed by atoms with Crippen LogP contribution in [0.1, 0.15) is 25.3 Å². The molecule has 0 amide bonds. The molecule has 6 nitrogen and oxygen atoms in total. The van der Waals surface area contributed by atoms with E-state index in [1.54, 1.807) is 19.1 Å². The van der Waals surface area contributed by atoms with Gasteiger partial charge in [-0.25, -0.2) is 13.1 Å². The largest absolute Gasteiger partial charge is 0.466 e. The topological polar surface area (TPSA) is 98.5 Å². The van der Waals surface area contributed by atoms with Crippen LogP contribution >= 0.6 is 12.2 Å². The molecule has 0 atom stereocenters. The Bertz CT molecular complexity index is 597. The fraction of sp³-hybridized carbons (Fsp3) is 0.385. The van der Waals surface area contributed by atoms with Gasteiger partial charge in [-0.2, -0.15) is 0 Å². The minimum atomic E-state index is -3.60. The Morgan fingerprint density at radius 3 is 2.48 bits per heavy atom. The van der Waals surface area contributed by atoms with Gasteiger partial charge >= 0.3 is 5.97 Å². The van der Waals surface area contributed by atoms with Gasteiger partial charge in [0.2, 0.25) is 10.0 Å². The van der Waals surface area contributed by atoms with Crippen LogP contribution in [0.2, 0.25) is 0 Å². The third kappa shape index (κ3) is 5.78. The second-order valence-corrected chi connectivity index (χ2v) is 6.40. The van der Waals surface area contributed by atoms with Crippen LogP contribution < -0.4 is 10.5 Å². The maximum atomic E-state index is 12.0. The first kappa shape index (κ1) is 17.5. The van der Waals surface area contributed by atoms with Gasteiger partial charge in [-0.3, -0.25) is 4.79 Å². The molecule has 1 rings (SSSR count). The number of hydrogen-bond acceptors (Lipinski definition) is 5. The van der Waals surface area contributed by atoms with Crippen molar-refractivity contribution in [2.24, 2.45) is 5.73 Å². The van der Waals surface area contributed by atoms with E-state index < -0.39 is 10.0 Å². The fourth-order valence-corrected chi connectivity index (χ4v) is 2.76. The summed E-state index contributed by atoms with van der Waals surface area (Å²) in [6, 6.07) is 5.97. The van der Waals surface area contributed by atoms with Crippen LogP contribution in [0.3, 0.4) is 0 Å². The highest BCUT2D eigenvalue weighted by Gasteiger charge is 2.13. The van der Waals surface area contributed by atoms with Crippen LogP contribution in [0.5, 0.6) is 0 Å². The zero-order valence-electron chi connectivity index (χ0n) is 11.7. The van der Waals surface area contributed by atoms with Crippen LogP contribution in [0.15, 0.2) is 29.2 Å². The van der Waals surface area contributed by atoms with E-state index in [4.69, 9.17) is 22.7 Å². The normalized spacial score (nSPS) is 11.1. The third-order valence-corrected chi connectivity index (χ3v) is 4.32. The second kappa shape index (κ2) is 8.06. The zero-order valence-corrected chi connectivity index (χ0v) is 13.3. The Balaban J connectivity index is 2.53. The van der Waals surface area contributed by atoms with Crippen molar-refractivity contribution < 1.29 is 17.9 Å². The molecule has 0 aliphatic heterocycles. The average Bonchev–Trinajstić information content (AvgIpc) is 2.44. The maximum Gasteiger partial charge on any atom is 0.305 e. The van der Waals surface area contributed by atoms with E-state index in [2.05, 4.69) is 4.72 Å². The van der Waals surface area contributed by atoms with E-state index in [0.29, 0.717) is 18.6 Å². The summed E-state index contributed by atoms with van der Waals surface area (Å²) in [5.41, 5.74) is 6.05. The van der Waals surface area contributed by atoms with E-state index in [0.717, 1.165) is 0 Å². The predicted octanol–water partition coefficient (Wildman–Crippen LogP) is 0.942. The maximum absolute atomic E-state index is 12.0. The number of nitrogens with one attached hydrogen (secondary N) is 1. The molecule has 0 aliphatic rings. The molecule has 0 radical (unpaired) electrons. The lowest BCUT2D eigenvalue weighted by atomic mass is 10.2. The molecule has 21 heavy (non-hydrogen) atoms. The van der Waals surface area contributed by atoms with Gasteiger partial charge in [-0.05, 0) is 25.5 Å². The zero-order chi connectivity index (χ0) is 15.9. The van der Waals surface area contributed by atoms with E-state index in [1.807, 2.05) is 0 Å². The molecule has 0 unspecified atom stereocenters. The Hall–Kier alpha value is -1.51. The first-order valence-electron chi connectivity index (χ1n) is 6.42. The first-order chi connectivity index (χ1) is 9.86. The number of sulfonamides is 1. The van der Waals surface area contributed by atoms with Crippen molar-refractivity contribution in [3.05, 3.63) is 29.8 Å². The summed E-state index contributed by atoms with van der Waals surface area (Å²) in [5, 5.41) is 0. The van der Waals surface area contributed by atoms with E-state index >= 15 is 0 Å². The van der Waals surface area contributed by atoms with Crippen LogP contribution in [-0.2, 0) is 19.6 Å². The molecular formula is C13H18N2O4S2. The lowest BCUT2D eigenvalue weighted by Crippen LogP contribution is -2.25. The molecule has 0 aromatic heterocycles. The van der Waals surface area contributed by atoms with Gasteiger partial charge in [0, 0.05) is 18.5 Å². The number of hydrogen-bond donors (Lipinski definition) is 2. The first-order valence-corrected chi connectivity index (χ1v) is 8.31. The van der Waals surface area contributed by atoms with Crippen molar-refractivity contribution in [1.29, 1.82) is 0 Å². The van der Waals surface area contributed by atoms with E-state index in [1.165, 1.54) is 12.1 Å². The molecule has 0 fully saturated rings. The quantitative estimate of drug-likeness (QED) is 0.418. The van der Waals surface area contributed by atoms with Gasteiger partial charge < -0.3 is 10.5 Å². The van der Waals surface area contributed by atoms with Gasteiger partial charge in [0.05, 0.1) is 11.5 Å². The number of benzene rings is 1. The molecule has 3 N–H and O–H groups in total. The lowest BCUT2D eigenvalue weighted by molar-refractivity contribution is -0.143. The Morgan fingerprint density at radius 1 is 1.33 bits per heavy atom. The highest BCUT2D eigenvalue weighted by molar-refractivity contribution is 7.89. The smallest absolute Gasteiger partial charge is 0.305 e. The third-order valence-electron chi connectivity index (χ3n) is 2.60. The summed E-state index contributed by atoms with van der Waals surface area (Å²) in [6.07, 6.45) is 0.555. The molecule has 0 saturated carbocycles. The fourth-order valence-electron chi connectivity index (χ4n) is 1.55. The van der Waals surface area contributed by atoms with Crippen molar-refractivity contribution in [2.45, 2.75) is 24.7 Å². The van der Waals surface area contributed by atoms with Gasteiger partial charge in [0.25, 0.3) is 0 Å². The Kier molecular flexibility index (Phi) is 6.73. The number of thiocarbonyl (C=S) groups is 1. The Labute approximate surface area is 129 Å². The molecule has 0 spiro atoms. The summed E-state index contributed by atoms with van der Waals surface area (Å²) in [7, 11) is -3.60. The van der Waals surface area contributed by atoms with E-state index in [-0.39, 0.29) is 28.8 Å². The highest BCUT2D eigenvalue weighted by Crippen LogP contribution is 2.10. The molecule has 0 heterocycles. The van der Waals surface area contributed by atoms with Crippen molar-refractivity contribution in [2.75, 3.05) is 13.2 Å². The van der Waals surface area contributed by atoms with Crippen LogP contribution in [0.25, 0.3) is 0 Å². The highest BCUT2D eigenvalue weighted by atomic mass is 32.2. The monoisotopic (exact) mass is 330 g/mol. The number of carbonyl (C=O) groups is 1. The van der Waals surface area contributed by atoms with Gasteiger partial charge in [0.15, 0.2) is 0 Å². The molecule has 1 aromatic carbocycles. The number of rotatable bonds is 8.